The molecular weight excluding hydrogens is 596 g/mol. The van der Waals surface area contributed by atoms with Gasteiger partial charge in [-0.25, -0.2) is 9.37 Å². The zero-order valence-corrected chi connectivity index (χ0v) is 26.5. The second kappa shape index (κ2) is 13.7. The van der Waals surface area contributed by atoms with Crippen LogP contribution in [-0.4, -0.2) is 51.8 Å². The molecule has 7 nitrogen and oxygen atoms in total. The van der Waals surface area contributed by atoms with E-state index in [1.54, 1.807) is 23.5 Å². The third kappa shape index (κ3) is 6.61. The Morgan fingerprint density at radius 3 is 2.24 bits per heavy atom. The lowest BCUT2D eigenvalue weighted by Gasteiger charge is -2.35. The van der Waals surface area contributed by atoms with Crippen LogP contribution in [0.4, 0.5) is 9.52 Å². The number of thiazole rings is 1. The second-order valence-corrected chi connectivity index (χ2v) is 12.5. The number of para-hydroxylation sites is 2. The van der Waals surface area contributed by atoms with Crippen LogP contribution in [0, 0.1) is 11.2 Å². The summed E-state index contributed by atoms with van der Waals surface area (Å²) in [4.78, 5) is 9.96. The topological polar surface area (TPSA) is 62.3 Å². The van der Waals surface area contributed by atoms with Crippen molar-refractivity contribution < 1.29 is 9.13 Å². The van der Waals surface area contributed by atoms with Gasteiger partial charge >= 0.3 is 0 Å². The van der Waals surface area contributed by atoms with Gasteiger partial charge in [0.05, 0.1) is 29.9 Å². The van der Waals surface area contributed by atoms with Gasteiger partial charge in [0, 0.05) is 44.6 Å². The molecule has 0 unspecified atom stereocenters. The number of aromatic nitrogens is 3. The van der Waals surface area contributed by atoms with Crippen LogP contribution in [-0.2, 0) is 19.6 Å². The molecule has 0 bridgehead atoms. The molecule has 46 heavy (non-hydrogen) atoms. The van der Waals surface area contributed by atoms with Crippen molar-refractivity contribution in [2.45, 2.75) is 26.1 Å². The number of hydrogen-bond donors (Lipinski definition) is 1. The van der Waals surface area contributed by atoms with Crippen molar-refractivity contribution in [3.05, 3.63) is 131 Å². The van der Waals surface area contributed by atoms with Crippen molar-refractivity contribution in [1.82, 2.24) is 19.0 Å². The van der Waals surface area contributed by atoms with Crippen molar-refractivity contribution in [3.63, 3.8) is 0 Å². The Morgan fingerprint density at radius 1 is 0.761 bits per heavy atom. The summed E-state index contributed by atoms with van der Waals surface area (Å²) in [6.45, 7) is 6.48. The van der Waals surface area contributed by atoms with Crippen LogP contribution in [0.1, 0.15) is 17.7 Å². The van der Waals surface area contributed by atoms with E-state index in [0.29, 0.717) is 31.1 Å². The lowest BCUT2D eigenvalue weighted by Crippen LogP contribution is -2.46. The minimum atomic E-state index is -0.277. The number of aryl methyl sites for hydroxylation is 1. The highest BCUT2D eigenvalue weighted by Crippen LogP contribution is 2.27. The number of nitrogens with zero attached hydrogens (tertiary/aromatic N) is 5. The fourth-order valence-corrected chi connectivity index (χ4v) is 7.07. The summed E-state index contributed by atoms with van der Waals surface area (Å²) in [7, 11) is 0. The number of fused-ring (bicyclic) bond motifs is 1. The molecule has 1 aliphatic rings. The smallest absolute Gasteiger partial charge is 0.203 e. The largest absolute Gasteiger partial charge is 0.494 e. The summed E-state index contributed by atoms with van der Waals surface area (Å²) in [5, 5.41) is 12.2. The highest BCUT2D eigenvalue weighted by molar-refractivity contribution is 7.13. The Balaban J connectivity index is 0.979. The number of nitrogens with one attached hydrogen (secondary N) is 1. The lowest BCUT2D eigenvalue weighted by atomic mass is 9.99. The van der Waals surface area contributed by atoms with Crippen molar-refractivity contribution in [2.24, 2.45) is 0 Å². The number of anilines is 1. The molecule has 1 saturated heterocycles. The first-order chi connectivity index (χ1) is 22.6. The predicted octanol–water partition coefficient (Wildman–Crippen LogP) is 7.02. The van der Waals surface area contributed by atoms with Gasteiger partial charge in [-0.15, -0.1) is 11.3 Å². The number of halogens is 1. The maximum atomic E-state index is 13.2. The lowest BCUT2D eigenvalue weighted by molar-refractivity contribution is 0.250. The fraction of sp³-hybridized carbons (Fsp3) is 0.243. The van der Waals surface area contributed by atoms with E-state index >= 15 is 0 Å². The van der Waals surface area contributed by atoms with Gasteiger partial charge in [0.15, 0.2) is 5.13 Å². The molecule has 6 aromatic rings. The SMILES string of the molecule is N=c1n(CCCOc2ccc(F)cc2)c2ccccc2n1Cc1csc(N2CCN(Cc3ccccc3-c3ccccc3)CC2)n1. The van der Waals surface area contributed by atoms with E-state index < -0.39 is 0 Å². The maximum absolute atomic E-state index is 13.2. The molecule has 0 radical (unpaired) electrons. The molecule has 0 saturated carbocycles. The standard InChI is InChI=1S/C37H37FN6OS/c38-30-15-17-32(18-16-30)45-24-8-19-43-34-13-6-7-14-35(34)44(36(43)39)26-31-27-46-37(40-31)42-22-20-41(21-23-42)25-29-11-4-5-12-33(29)28-9-2-1-3-10-28/h1-7,9-18,27,39H,8,19-26H2. The van der Waals surface area contributed by atoms with E-state index in [1.807, 2.05) is 21.3 Å². The number of imidazole rings is 1. The van der Waals surface area contributed by atoms with Gasteiger partial charge in [0.1, 0.15) is 11.6 Å². The molecule has 3 heterocycles. The molecule has 0 atom stereocenters. The normalized spacial score (nSPS) is 13.8. The Labute approximate surface area is 272 Å². The summed E-state index contributed by atoms with van der Waals surface area (Å²) in [6, 6.07) is 33.6. The highest BCUT2D eigenvalue weighted by atomic mass is 32.1. The molecule has 2 aromatic heterocycles. The molecule has 4 aromatic carbocycles. The van der Waals surface area contributed by atoms with Crippen LogP contribution in [0.3, 0.4) is 0 Å². The second-order valence-electron chi connectivity index (χ2n) is 11.6. The van der Waals surface area contributed by atoms with Crippen molar-refractivity contribution in [1.29, 1.82) is 5.41 Å². The first kappa shape index (κ1) is 30.0. The minimum Gasteiger partial charge on any atom is -0.494 e. The fourth-order valence-electron chi connectivity index (χ4n) is 6.20. The quantitative estimate of drug-likeness (QED) is 0.156. The molecule has 7 rings (SSSR count). The van der Waals surface area contributed by atoms with E-state index in [1.165, 1.54) is 28.8 Å². The molecule has 1 N–H and O–H groups in total. The van der Waals surface area contributed by atoms with Crippen molar-refractivity contribution in [2.75, 3.05) is 37.7 Å². The highest BCUT2D eigenvalue weighted by Gasteiger charge is 2.21. The van der Waals surface area contributed by atoms with E-state index in [0.717, 1.165) is 61.0 Å². The van der Waals surface area contributed by atoms with Crippen LogP contribution < -0.4 is 15.3 Å². The van der Waals surface area contributed by atoms with Crippen LogP contribution in [0.5, 0.6) is 5.75 Å². The minimum absolute atomic E-state index is 0.277. The maximum Gasteiger partial charge on any atom is 0.203 e. The predicted molar refractivity (Wildman–Crippen MR) is 183 cm³/mol. The molecule has 0 spiro atoms. The third-order valence-electron chi connectivity index (χ3n) is 8.58. The first-order valence-electron chi connectivity index (χ1n) is 15.8. The van der Waals surface area contributed by atoms with Gasteiger partial charge in [-0.05, 0) is 59.5 Å². The zero-order chi connectivity index (χ0) is 31.3. The van der Waals surface area contributed by atoms with Crippen LogP contribution >= 0.6 is 11.3 Å². The summed E-state index contributed by atoms with van der Waals surface area (Å²) in [5.41, 5.74) is 7.39. The summed E-state index contributed by atoms with van der Waals surface area (Å²) >= 11 is 1.69. The summed E-state index contributed by atoms with van der Waals surface area (Å²) in [5.74, 6) is 0.370. The first-order valence-corrected chi connectivity index (χ1v) is 16.7. The number of hydrogen-bond acceptors (Lipinski definition) is 6. The third-order valence-corrected chi connectivity index (χ3v) is 9.53. The zero-order valence-electron chi connectivity index (χ0n) is 25.7. The van der Waals surface area contributed by atoms with Gasteiger partial charge in [-0.3, -0.25) is 10.3 Å². The number of rotatable bonds is 11. The Bertz CT molecular complexity index is 1960. The van der Waals surface area contributed by atoms with Gasteiger partial charge in [0.2, 0.25) is 5.62 Å². The number of benzene rings is 4. The molecule has 1 fully saturated rings. The van der Waals surface area contributed by atoms with Gasteiger partial charge < -0.3 is 18.8 Å². The molecular formula is C37H37FN6OS. The van der Waals surface area contributed by atoms with Gasteiger partial charge in [-0.2, -0.15) is 0 Å². The summed E-state index contributed by atoms with van der Waals surface area (Å²) < 4.78 is 23.1. The van der Waals surface area contributed by atoms with Crippen molar-refractivity contribution in [3.8, 4) is 16.9 Å². The number of ether oxygens (including phenoxy) is 1. The monoisotopic (exact) mass is 632 g/mol. The van der Waals surface area contributed by atoms with E-state index in [9.17, 15) is 4.39 Å². The van der Waals surface area contributed by atoms with Gasteiger partial charge in [0.25, 0.3) is 0 Å². The van der Waals surface area contributed by atoms with E-state index in [-0.39, 0.29) is 5.82 Å². The van der Waals surface area contributed by atoms with Crippen molar-refractivity contribution >= 4 is 27.5 Å². The molecule has 234 valence electrons. The Hall–Kier alpha value is -4.73. The molecule has 0 aliphatic carbocycles. The van der Waals surface area contributed by atoms with Gasteiger partial charge in [-0.1, -0.05) is 66.7 Å². The molecule has 9 heteroatoms. The average Bonchev–Trinajstić information content (AvgIpc) is 3.67. The van der Waals surface area contributed by atoms with E-state index in [4.69, 9.17) is 15.1 Å². The molecule has 1 aliphatic heterocycles. The van der Waals surface area contributed by atoms with Crippen LogP contribution in [0.15, 0.2) is 109 Å². The summed E-state index contributed by atoms with van der Waals surface area (Å²) in [6.07, 6.45) is 0.729. The Kier molecular flexibility index (Phi) is 8.94. The molecule has 0 amide bonds. The number of piperazine rings is 1. The Morgan fingerprint density at radius 2 is 1.46 bits per heavy atom. The van der Waals surface area contributed by atoms with Crippen LogP contribution in [0.2, 0.25) is 0 Å². The average molecular weight is 633 g/mol. The van der Waals surface area contributed by atoms with E-state index in [2.05, 4.69) is 81.9 Å². The van der Waals surface area contributed by atoms with Crippen LogP contribution in [0.25, 0.3) is 22.2 Å².